The van der Waals surface area contributed by atoms with Crippen LogP contribution in [-0.2, 0) is 4.79 Å². The van der Waals surface area contributed by atoms with Gasteiger partial charge in [-0.15, -0.1) is 0 Å². The van der Waals surface area contributed by atoms with Gasteiger partial charge >= 0.3 is 0 Å². The minimum Gasteiger partial charge on any atom is -0.508 e. The van der Waals surface area contributed by atoms with Crippen molar-refractivity contribution in [2.75, 3.05) is 5.73 Å². The molecule has 1 aromatic carbocycles. The third-order valence-corrected chi connectivity index (χ3v) is 1.30. The lowest BCUT2D eigenvalue weighted by atomic mass is 10.2. The zero-order valence-electron chi connectivity index (χ0n) is 6.24. The second kappa shape index (κ2) is 3.44. The molecule has 0 fully saturated rings. The van der Waals surface area contributed by atoms with Gasteiger partial charge in [0.05, 0.1) is 5.69 Å². The quantitative estimate of drug-likeness (QED) is 0.331. The van der Waals surface area contributed by atoms with Crippen LogP contribution in [0.25, 0.3) is 0 Å². The fourth-order valence-corrected chi connectivity index (χ4v) is 0.771. The van der Waals surface area contributed by atoms with E-state index in [0.717, 1.165) is 0 Å². The molecule has 0 atom stereocenters. The van der Waals surface area contributed by atoms with Crippen LogP contribution in [0.5, 0.6) is 5.75 Å². The SMILES string of the molecule is Nc1cc(O)ccc1C#CC=O. The summed E-state index contributed by atoms with van der Waals surface area (Å²) >= 11 is 0. The Balaban J connectivity index is 3.09. The van der Waals surface area contributed by atoms with Gasteiger partial charge in [0.1, 0.15) is 5.75 Å². The zero-order chi connectivity index (χ0) is 8.97. The Kier molecular flexibility index (Phi) is 2.34. The molecule has 0 heterocycles. The normalized spacial score (nSPS) is 8.33. The molecule has 1 aromatic rings. The Morgan fingerprint density at radius 1 is 1.50 bits per heavy atom. The summed E-state index contributed by atoms with van der Waals surface area (Å²) in [7, 11) is 0. The fourth-order valence-electron chi connectivity index (χ4n) is 0.771. The maximum absolute atomic E-state index is 9.89. The number of anilines is 1. The first-order valence-corrected chi connectivity index (χ1v) is 3.27. The van der Waals surface area contributed by atoms with Gasteiger partial charge in [-0.1, -0.05) is 5.92 Å². The molecule has 0 aromatic heterocycles. The van der Waals surface area contributed by atoms with E-state index in [4.69, 9.17) is 10.8 Å². The number of phenolic OH excluding ortho intramolecular Hbond substituents is 1. The summed E-state index contributed by atoms with van der Waals surface area (Å²) in [6.07, 6.45) is 0.492. The molecule has 1 rings (SSSR count). The van der Waals surface area contributed by atoms with Crippen LogP contribution in [0, 0.1) is 11.8 Å². The molecule has 3 nitrogen and oxygen atoms in total. The summed E-state index contributed by atoms with van der Waals surface area (Å²) < 4.78 is 0. The molecular weight excluding hydrogens is 154 g/mol. The second-order valence-electron chi connectivity index (χ2n) is 2.16. The number of hydrogen-bond acceptors (Lipinski definition) is 3. The number of rotatable bonds is 0. The van der Waals surface area contributed by atoms with Crippen LogP contribution in [0.4, 0.5) is 5.69 Å². The first kappa shape index (κ1) is 8.15. The molecule has 0 saturated carbocycles. The Morgan fingerprint density at radius 2 is 2.25 bits per heavy atom. The maximum Gasteiger partial charge on any atom is 0.193 e. The summed E-state index contributed by atoms with van der Waals surface area (Å²) in [5.74, 6) is 4.86. The predicted octanol–water partition coefficient (Wildman–Crippen LogP) is 0.525. The van der Waals surface area contributed by atoms with E-state index in [2.05, 4.69) is 11.8 Å². The Morgan fingerprint density at radius 3 is 2.83 bits per heavy atom. The van der Waals surface area contributed by atoms with Crippen molar-refractivity contribution >= 4 is 12.0 Å². The maximum atomic E-state index is 9.89. The number of benzene rings is 1. The average Bonchev–Trinajstić information content (AvgIpc) is 2.03. The van der Waals surface area contributed by atoms with E-state index in [1.807, 2.05) is 0 Å². The lowest BCUT2D eigenvalue weighted by Gasteiger charge is -1.97. The van der Waals surface area contributed by atoms with Gasteiger partial charge in [-0.05, 0) is 18.1 Å². The van der Waals surface area contributed by atoms with E-state index >= 15 is 0 Å². The standard InChI is InChI=1S/C9H7NO2/c10-9-6-8(12)4-3-7(9)2-1-5-11/h3-6,12H,10H2. The number of nitrogens with two attached hydrogens (primary N) is 1. The largest absolute Gasteiger partial charge is 0.508 e. The van der Waals surface area contributed by atoms with Crippen molar-refractivity contribution in [3.63, 3.8) is 0 Å². The first-order chi connectivity index (χ1) is 5.74. The minimum absolute atomic E-state index is 0.0872. The summed E-state index contributed by atoms with van der Waals surface area (Å²) in [5.41, 5.74) is 6.39. The van der Waals surface area contributed by atoms with Gasteiger partial charge in [0.2, 0.25) is 0 Å². The number of aldehydes is 1. The van der Waals surface area contributed by atoms with Crippen molar-refractivity contribution in [2.24, 2.45) is 0 Å². The van der Waals surface area contributed by atoms with Crippen LogP contribution < -0.4 is 5.73 Å². The van der Waals surface area contributed by atoms with Gasteiger partial charge < -0.3 is 10.8 Å². The molecular formula is C9H7NO2. The zero-order valence-corrected chi connectivity index (χ0v) is 6.24. The summed E-state index contributed by atoms with van der Waals surface area (Å²) in [6.45, 7) is 0. The van der Waals surface area contributed by atoms with Crippen molar-refractivity contribution in [3.8, 4) is 17.6 Å². The highest BCUT2D eigenvalue weighted by Crippen LogP contribution is 2.17. The van der Waals surface area contributed by atoms with Crippen molar-refractivity contribution in [3.05, 3.63) is 23.8 Å². The Bertz CT molecular complexity index is 361. The van der Waals surface area contributed by atoms with E-state index < -0.39 is 0 Å². The molecule has 0 aliphatic heterocycles. The summed E-state index contributed by atoms with van der Waals surface area (Å²) in [5, 5.41) is 8.97. The van der Waals surface area contributed by atoms with Crippen LogP contribution in [-0.4, -0.2) is 11.4 Å². The molecule has 3 N–H and O–H groups in total. The minimum atomic E-state index is 0.0872. The Labute approximate surface area is 69.8 Å². The molecule has 0 amide bonds. The monoisotopic (exact) mass is 161 g/mol. The molecule has 60 valence electrons. The highest BCUT2D eigenvalue weighted by atomic mass is 16.3. The van der Waals surface area contributed by atoms with E-state index in [9.17, 15) is 4.79 Å². The molecule has 0 aliphatic rings. The lowest BCUT2D eigenvalue weighted by Crippen LogP contribution is -1.88. The molecule has 0 aliphatic carbocycles. The van der Waals surface area contributed by atoms with Crippen LogP contribution in [0.3, 0.4) is 0 Å². The van der Waals surface area contributed by atoms with Crippen molar-refractivity contribution < 1.29 is 9.90 Å². The highest BCUT2D eigenvalue weighted by molar-refractivity contribution is 5.75. The lowest BCUT2D eigenvalue weighted by molar-refractivity contribution is -0.103. The summed E-state index contributed by atoms with van der Waals surface area (Å²) in [6, 6.07) is 4.40. The van der Waals surface area contributed by atoms with Crippen LogP contribution in [0.1, 0.15) is 5.56 Å². The van der Waals surface area contributed by atoms with E-state index in [-0.39, 0.29) is 5.75 Å². The molecule has 0 spiro atoms. The average molecular weight is 161 g/mol. The molecule has 0 radical (unpaired) electrons. The van der Waals surface area contributed by atoms with Crippen LogP contribution >= 0.6 is 0 Å². The molecule has 0 bridgehead atoms. The van der Waals surface area contributed by atoms with Gasteiger partial charge in [-0.3, -0.25) is 4.79 Å². The van der Waals surface area contributed by atoms with Crippen LogP contribution in [0.15, 0.2) is 18.2 Å². The van der Waals surface area contributed by atoms with Crippen molar-refractivity contribution in [1.82, 2.24) is 0 Å². The smallest absolute Gasteiger partial charge is 0.193 e. The second-order valence-corrected chi connectivity index (χ2v) is 2.16. The van der Waals surface area contributed by atoms with Crippen LogP contribution in [0.2, 0.25) is 0 Å². The Hall–Kier alpha value is -1.95. The van der Waals surface area contributed by atoms with E-state index in [0.29, 0.717) is 17.5 Å². The van der Waals surface area contributed by atoms with Gasteiger partial charge in [-0.2, -0.15) is 0 Å². The third kappa shape index (κ3) is 1.77. The van der Waals surface area contributed by atoms with Gasteiger partial charge in [-0.25, -0.2) is 0 Å². The molecule has 12 heavy (non-hydrogen) atoms. The number of aromatic hydroxyl groups is 1. The number of hydrogen-bond donors (Lipinski definition) is 2. The van der Waals surface area contributed by atoms with Crippen molar-refractivity contribution in [1.29, 1.82) is 0 Å². The molecule has 0 saturated heterocycles. The fraction of sp³-hybridized carbons (Fsp3) is 0. The number of phenols is 1. The number of carbonyl (C=O) groups excluding carboxylic acids is 1. The van der Waals surface area contributed by atoms with E-state index in [1.54, 1.807) is 6.07 Å². The number of carbonyl (C=O) groups is 1. The van der Waals surface area contributed by atoms with Gasteiger partial charge in [0.15, 0.2) is 6.29 Å². The topological polar surface area (TPSA) is 63.3 Å². The number of nitrogen functional groups attached to an aromatic ring is 1. The van der Waals surface area contributed by atoms with Crippen molar-refractivity contribution in [2.45, 2.75) is 0 Å². The third-order valence-electron chi connectivity index (χ3n) is 1.30. The molecule has 0 unspecified atom stereocenters. The predicted molar refractivity (Wildman–Crippen MR) is 45.5 cm³/mol. The van der Waals surface area contributed by atoms with E-state index in [1.165, 1.54) is 12.1 Å². The summed E-state index contributed by atoms with van der Waals surface area (Å²) in [4.78, 5) is 9.89. The first-order valence-electron chi connectivity index (χ1n) is 3.27. The van der Waals surface area contributed by atoms with Gasteiger partial charge in [0.25, 0.3) is 0 Å². The molecule has 3 heteroatoms. The highest BCUT2D eigenvalue weighted by Gasteiger charge is 1.95. The van der Waals surface area contributed by atoms with Gasteiger partial charge in [0, 0.05) is 11.6 Å².